The molecule has 1 heterocycles. The molecule has 2 N–H and O–H groups in total. The van der Waals surface area contributed by atoms with Crippen molar-refractivity contribution in [2.24, 2.45) is 0 Å². The van der Waals surface area contributed by atoms with Crippen LogP contribution in [0.2, 0.25) is 0 Å². The molecule has 1 aliphatic rings. The van der Waals surface area contributed by atoms with Gasteiger partial charge in [0.15, 0.2) is 17.0 Å². The molecule has 2 aromatic carbocycles. The van der Waals surface area contributed by atoms with Crippen LogP contribution in [0, 0.1) is 6.92 Å². The number of aryl methyl sites for hydroxylation is 1. The van der Waals surface area contributed by atoms with Gasteiger partial charge < -0.3 is 24.8 Å². The minimum atomic E-state index is -0.283. The van der Waals surface area contributed by atoms with Crippen molar-refractivity contribution in [1.29, 1.82) is 0 Å². The second-order valence-electron chi connectivity index (χ2n) is 6.90. The largest absolute Gasteiger partial charge is 0.495 e. The molecule has 3 rings (SSSR count). The Hall–Kier alpha value is -2.80. The number of ether oxygens (including phenoxy) is 3. The first-order chi connectivity index (χ1) is 13.9. The summed E-state index contributed by atoms with van der Waals surface area (Å²) in [6.45, 7) is 5.94. The molecule has 0 aromatic heterocycles. The fourth-order valence-corrected chi connectivity index (χ4v) is 3.89. The molecule has 2 aromatic rings. The molecule has 1 unspecified atom stereocenters. The zero-order valence-electron chi connectivity index (χ0n) is 17.2. The molecule has 6 nitrogen and oxygen atoms in total. The van der Waals surface area contributed by atoms with Gasteiger partial charge >= 0.3 is 0 Å². The topological polar surface area (TPSA) is 68.8 Å². The van der Waals surface area contributed by atoms with Gasteiger partial charge in [-0.3, -0.25) is 4.79 Å². The van der Waals surface area contributed by atoms with E-state index in [0.717, 1.165) is 22.6 Å². The highest BCUT2D eigenvalue weighted by Crippen LogP contribution is 2.35. The number of rotatable bonds is 7. The summed E-state index contributed by atoms with van der Waals surface area (Å²) in [6, 6.07) is 11.5. The molecule has 1 saturated heterocycles. The highest BCUT2D eigenvalue weighted by molar-refractivity contribution is 8.05. The van der Waals surface area contributed by atoms with Gasteiger partial charge in [-0.05, 0) is 62.2 Å². The summed E-state index contributed by atoms with van der Waals surface area (Å²) in [4.78, 5) is 13.1. The Balaban J connectivity index is 1.76. The van der Waals surface area contributed by atoms with E-state index in [2.05, 4.69) is 10.6 Å². The first kappa shape index (κ1) is 20.9. The summed E-state index contributed by atoms with van der Waals surface area (Å²) in [5.41, 5.74) is 2.52. The third-order valence-electron chi connectivity index (χ3n) is 4.22. The normalized spacial score (nSPS) is 17.4. The van der Waals surface area contributed by atoms with E-state index in [4.69, 9.17) is 14.2 Å². The smallest absolute Gasteiger partial charge is 0.260 e. The monoisotopic (exact) mass is 414 g/mol. The fourth-order valence-electron chi connectivity index (χ4n) is 2.92. The number of benzene rings is 2. The lowest BCUT2D eigenvalue weighted by molar-refractivity contribution is -0.116. The average molecular weight is 415 g/mol. The number of methoxy groups -OCH3 is 2. The van der Waals surface area contributed by atoms with E-state index in [-0.39, 0.29) is 17.5 Å². The van der Waals surface area contributed by atoms with Crippen LogP contribution in [0.3, 0.4) is 0 Å². The number of hydrogen-bond donors (Lipinski definition) is 2. The Morgan fingerprint density at radius 1 is 1.07 bits per heavy atom. The number of carbonyl (C=O) groups excluding carboxylic acids is 1. The summed E-state index contributed by atoms with van der Waals surface area (Å²) in [5, 5.41) is 6.26. The van der Waals surface area contributed by atoms with E-state index in [1.807, 2.05) is 63.2 Å². The summed E-state index contributed by atoms with van der Waals surface area (Å²) in [7, 11) is 3.23. The van der Waals surface area contributed by atoms with Crippen LogP contribution in [0.25, 0.3) is 6.08 Å². The molecule has 0 aliphatic carbocycles. The number of carbonyl (C=O) groups is 1. The lowest BCUT2D eigenvalue weighted by atomic mass is 10.2. The van der Waals surface area contributed by atoms with Crippen molar-refractivity contribution < 1.29 is 19.0 Å². The Morgan fingerprint density at radius 3 is 2.48 bits per heavy atom. The van der Waals surface area contributed by atoms with Crippen molar-refractivity contribution in [1.82, 2.24) is 5.32 Å². The molecular weight excluding hydrogens is 388 g/mol. The Bertz CT molecular complexity index is 927. The number of anilines is 1. The first-order valence-corrected chi connectivity index (χ1v) is 10.2. The van der Waals surface area contributed by atoms with Gasteiger partial charge in [0, 0.05) is 0 Å². The SMILES string of the molecule is COc1ccc(C)cc1NC1NC(=O)/C(=C/c2ccc(OC(C)C)c(OC)c2)S1. The summed E-state index contributed by atoms with van der Waals surface area (Å²) < 4.78 is 16.6. The fraction of sp³-hybridized carbons (Fsp3) is 0.318. The van der Waals surface area contributed by atoms with E-state index in [0.29, 0.717) is 16.4 Å². The molecule has 1 aliphatic heterocycles. The van der Waals surface area contributed by atoms with Gasteiger partial charge in [-0.25, -0.2) is 0 Å². The number of hydrogen-bond acceptors (Lipinski definition) is 6. The predicted octanol–water partition coefficient (Wildman–Crippen LogP) is 4.40. The average Bonchev–Trinajstić information content (AvgIpc) is 3.01. The predicted molar refractivity (Wildman–Crippen MR) is 118 cm³/mol. The van der Waals surface area contributed by atoms with Gasteiger partial charge in [-0.1, -0.05) is 23.9 Å². The van der Waals surface area contributed by atoms with E-state index < -0.39 is 0 Å². The zero-order chi connectivity index (χ0) is 21.0. The van der Waals surface area contributed by atoms with Crippen molar-refractivity contribution in [3.8, 4) is 17.2 Å². The third kappa shape index (κ3) is 5.17. The quantitative estimate of drug-likeness (QED) is 0.655. The molecule has 154 valence electrons. The van der Waals surface area contributed by atoms with Crippen LogP contribution in [0.4, 0.5) is 5.69 Å². The van der Waals surface area contributed by atoms with Gasteiger partial charge in [0.05, 0.1) is 30.9 Å². The molecule has 0 spiro atoms. The van der Waals surface area contributed by atoms with E-state index in [1.54, 1.807) is 14.2 Å². The minimum Gasteiger partial charge on any atom is -0.495 e. The van der Waals surface area contributed by atoms with Crippen molar-refractivity contribution in [2.45, 2.75) is 32.4 Å². The second kappa shape index (κ2) is 9.13. The Kier molecular flexibility index (Phi) is 6.59. The van der Waals surface area contributed by atoms with Gasteiger partial charge in [0.2, 0.25) is 0 Å². The van der Waals surface area contributed by atoms with Crippen LogP contribution in [-0.4, -0.2) is 31.7 Å². The number of nitrogens with one attached hydrogen (secondary N) is 2. The van der Waals surface area contributed by atoms with Crippen molar-refractivity contribution in [3.63, 3.8) is 0 Å². The molecular formula is C22H26N2O4S. The van der Waals surface area contributed by atoms with Crippen molar-refractivity contribution in [2.75, 3.05) is 19.5 Å². The van der Waals surface area contributed by atoms with Crippen LogP contribution in [-0.2, 0) is 4.79 Å². The van der Waals surface area contributed by atoms with Gasteiger partial charge in [0.1, 0.15) is 5.75 Å². The van der Waals surface area contributed by atoms with Crippen LogP contribution in [0.5, 0.6) is 17.2 Å². The summed E-state index contributed by atoms with van der Waals surface area (Å²) in [5.74, 6) is 1.92. The molecule has 29 heavy (non-hydrogen) atoms. The molecule has 0 bridgehead atoms. The first-order valence-electron chi connectivity index (χ1n) is 9.34. The van der Waals surface area contributed by atoms with Crippen LogP contribution in [0.15, 0.2) is 41.3 Å². The van der Waals surface area contributed by atoms with Crippen molar-refractivity contribution >= 4 is 29.4 Å². The highest BCUT2D eigenvalue weighted by atomic mass is 32.2. The van der Waals surface area contributed by atoms with E-state index in [9.17, 15) is 4.79 Å². The Morgan fingerprint density at radius 2 is 1.79 bits per heavy atom. The van der Waals surface area contributed by atoms with Crippen LogP contribution >= 0.6 is 11.8 Å². The molecule has 0 saturated carbocycles. The summed E-state index contributed by atoms with van der Waals surface area (Å²) in [6.07, 6.45) is 1.89. The maximum atomic E-state index is 12.4. The highest BCUT2D eigenvalue weighted by Gasteiger charge is 2.28. The lowest BCUT2D eigenvalue weighted by Crippen LogP contribution is -2.31. The van der Waals surface area contributed by atoms with E-state index >= 15 is 0 Å². The zero-order valence-corrected chi connectivity index (χ0v) is 18.1. The van der Waals surface area contributed by atoms with E-state index in [1.165, 1.54) is 11.8 Å². The third-order valence-corrected chi connectivity index (χ3v) is 5.25. The minimum absolute atomic E-state index is 0.0507. The lowest BCUT2D eigenvalue weighted by Gasteiger charge is -2.16. The molecule has 1 atom stereocenters. The number of amides is 1. The maximum absolute atomic E-state index is 12.4. The number of thioether (sulfide) groups is 1. The molecule has 0 radical (unpaired) electrons. The molecule has 1 amide bonds. The van der Waals surface area contributed by atoms with Gasteiger partial charge in [-0.15, -0.1) is 0 Å². The van der Waals surface area contributed by atoms with Crippen molar-refractivity contribution in [3.05, 3.63) is 52.4 Å². The van der Waals surface area contributed by atoms with Gasteiger partial charge in [0.25, 0.3) is 5.91 Å². The van der Waals surface area contributed by atoms with Crippen LogP contribution in [0.1, 0.15) is 25.0 Å². The summed E-state index contributed by atoms with van der Waals surface area (Å²) >= 11 is 1.42. The van der Waals surface area contributed by atoms with Gasteiger partial charge in [-0.2, -0.15) is 0 Å². The Labute approximate surface area is 175 Å². The second-order valence-corrected chi connectivity index (χ2v) is 8.05. The maximum Gasteiger partial charge on any atom is 0.260 e. The molecule has 7 heteroatoms. The van der Waals surface area contributed by atoms with Crippen LogP contribution < -0.4 is 24.8 Å². The standard InChI is InChI=1S/C22H26N2O4S/c1-13(2)28-18-9-7-15(11-19(18)27-5)12-20-21(25)24-22(29-20)23-16-10-14(3)6-8-17(16)26-4/h6-13,22-23H,1-5H3,(H,24,25)/b20-12-. The molecule has 1 fully saturated rings.